The summed E-state index contributed by atoms with van der Waals surface area (Å²) in [6.07, 6.45) is 3.76. The van der Waals surface area contributed by atoms with E-state index in [0.717, 1.165) is 64.1 Å². The van der Waals surface area contributed by atoms with Gasteiger partial charge in [0, 0.05) is 38.2 Å². The number of nitrogens with zero attached hydrogens (tertiary/aromatic N) is 2. The van der Waals surface area contributed by atoms with E-state index in [4.69, 9.17) is 0 Å². The number of benzene rings is 1. The second kappa shape index (κ2) is 8.75. The minimum Gasteiger partial charge on any atom is -0.316 e. The summed E-state index contributed by atoms with van der Waals surface area (Å²) in [5.41, 5.74) is 3.68. The Labute approximate surface area is 146 Å². The second-order valence-electron chi connectivity index (χ2n) is 7.04. The number of likely N-dealkylation sites (N-methyl/N-ethyl adjacent to an activating group) is 1. The molecule has 2 heterocycles. The Bertz CT molecular complexity index is 550. The van der Waals surface area contributed by atoms with Crippen LogP contribution < -0.4 is 5.32 Å². The Balaban J connectivity index is 1.46. The maximum absolute atomic E-state index is 12.5. The van der Waals surface area contributed by atoms with Crippen LogP contribution in [-0.2, 0) is 12.8 Å². The van der Waals surface area contributed by atoms with E-state index >= 15 is 0 Å². The molecule has 0 aromatic heterocycles. The zero-order valence-corrected chi connectivity index (χ0v) is 15.0. The van der Waals surface area contributed by atoms with Gasteiger partial charge in [-0.25, -0.2) is 0 Å². The monoisotopic (exact) mass is 329 g/mol. The van der Waals surface area contributed by atoms with E-state index in [1.54, 1.807) is 0 Å². The highest BCUT2D eigenvalue weighted by Gasteiger charge is 2.16. The highest BCUT2D eigenvalue weighted by atomic mass is 16.1. The minimum atomic E-state index is 0.308. The Kier molecular flexibility index (Phi) is 6.41. The van der Waals surface area contributed by atoms with E-state index in [1.165, 1.54) is 24.2 Å². The van der Waals surface area contributed by atoms with Crippen molar-refractivity contribution < 1.29 is 4.79 Å². The van der Waals surface area contributed by atoms with Gasteiger partial charge >= 0.3 is 0 Å². The van der Waals surface area contributed by atoms with Crippen LogP contribution >= 0.6 is 0 Å². The molecule has 0 aliphatic carbocycles. The predicted octanol–water partition coefficient (Wildman–Crippen LogP) is 1.98. The van der Waals surface area contributed by atoms with Crippen molar-refractivity contribution in [3.8, 4) is 0 Å². The molecule has 3 rings (SSSR count). The van der Waals surface area contributed by atoms with Crippen LogP contribution in [0.4, 0.5) is 0 Å². The fourth-order valence-electron chi connectivity index (χ4n) is 3.78. The Morgan fingerprint density at radius 1 is 1.04 bits per heavy atom. The lowest BCUT2D eigenvalue weighted by molar-refractivity contribution is 0.0963. The number of rotatable bonds is 6. The molecule has 1 fully saturated rings. The van der Waals surface area contributed by atoms with Gasteiger partial charge in [-0.1, -0.05) is 19.1 Å². The molecule has 0 radical (unpaired) electrons. The summed E-state index contributed by atoms with van der Waals surface area (Å²) in [5.74, 6) is 0.308. The Morgan fingerprint density at radius 2 is 1.75 bits per heavy atom. The molecular formula is C20H31N3O. The normalized spacial score (nSPS) is 19.7. The predicted molar refractivity (Wildman–Crippen MR) is 98.8 cm³/mol. The molecule has 1 saturated heterocycles. The summed E-state index contributed by atoms with van der Waals surface area (Å²) in [4.78, 5) is 17.5. The van der Waals surface area contributed by atoms with E-state index in [-0.39, 0.29) is 0 Å². The van der Waals surface area contributed by atoms with Crippen LogP contribution in [0, 0.1) is 0 Å². The van der Waals surface area contributed by atoms with E-state index in [1.807, 2.05) is 6.07 Å². The fraction of sp³-hybridized carbons (Fsp3) is 0.650. The third-order valence-electron chi connectivity index (χ3n) is 5.46. The van der Waals surface area contributed by atoms with Gasteiger partial charge in [-0.15, -0.1) is 0 Å². The topological polar surface area (TPSA) is 35.6 Å². The van der Waals surface area contributed by atoms with Crippen molar-refractivity contribution in [2.45, 2.75) is 32.6 Å². The molecule has 0 saturated carbocycles. The zero-order chi connectivity index (χ0) is 16.8. The second-order valence-corrected chi connectivity index (χ2v) is 7.04. The van der Waals surface area contributed by atoms with Gasteiger partial charge in [0.05, 0.1) is 0 Å². The molecule has 2 aliphatic rings. The lowest BCUT2D eigenvalue weighted by Crippen LogP contribution is -2.46. The largest absolute Gasteiger partial charge is 0.316 e. The molecule has 1 aromatic carbocycles. The quantitative estimate of drug-likeness (QED) is 0.810. The summed E-state index contributed by atoms with van der Waals surface area (Å²) in [7, 11) is 0. The molecule has 0 bridgehead atoms. The SMILES string of the molecule is CCN1CCN(CCCC(=O)c2ccc3c(c2)CCNCC3)CC1. The van der Waals surface area contributed by atoms with Crippen molar-refractivity contribution in [1.29, 1.82) is 0 Å². The maximum Gasteiger partial charge on any atom is 0.162 e. The molecular weight excluding hydrogens is 298 g/mol. The van der Waals surface area contributed by atoms with Crippen LogP contribution in [-0.4, -0.2) is 67.9 Å². The van der Waals surface area contributed by atoms with Crippen LogP contribution in [0.2, 0.25) is 0 Å². The summed E-state index contributed by atoms with van der Waals surface area (Å²) >= 11 is 0. The van der Waals surface area contributed by atoms with Crippen LogP contribution in [0.15, 0.2) is 18.2 Å². The van der Waals surface area contributed by atoms with Gasteiger partial charge < -0.3 is 15.1 Å². The summed E-state index contributed by atoms with van der Waals surface area (Å²) in [6, 6.07) is 6.34. The molecule has 0 unspecified atom stereocenters. The first-order chi connectivity index (χ1) is 11.8. The van der Waals surface area contributed by atoms with Gasteiger partial charge in [-0.05, 0) is 62.6 Å². The molecule has 1 aromatic rings. The molecule has 4 nitrogen and oxygen atoms in total. The van der Waals surface area contributed by atoms with Crippen molar-refractivity contribution in [2.24, 2.45) is 0 Å². The minimum absolute atomic E-state index is 0.308. The number of carbonyl (C=O) groups excluding carboxylic acids is 1. The number of nitrogens with one attached hydrogen (secondary N) is 1. The lowest BCUT2D eigenvalue weighted by Gasteiger charge is -2.33. The van der Waals surface area contributed by atoms with E-state index in [9.17, 15) is 4.79 Å². The van der Waals surface area contributed by atoms with Crippen molar-refractivity contribution in [3.63, 3.8) is 0 Å². The molecule has 132 valence electrons. The highest BCUT2D eigenvalue weighted by molar-refractivity contribution is 5.96. The first kappa shape index (κ1) is 17.6. The molecule has 24 heavy (non-hydrogen) atoms. The molecule has 0 amide bonds. The van der Waals surface area contributed by atoms with Gasteiger partial charge in [0.1, 0.15) is 0 Å². The number of piperazine rings is 1. The van der Waals surface area contributed by atoms with E-state index in [2.05, 4.69) is 34.2 Å². The van der Waals surface area contributed by atoms with Crippen molar-refractivity contribution in [1.82, 2.24) is 15.1 Å². The third kappa shape index (κ3) is 4.65. The molecule has 1 N–H and O–H groups in total. The first-order valence-electron chi connectivity index (χ1n) is 9.56. The first-order valence-corrected chi connectivity index (χ1v) is 9.56. The number of fused-ring (bicyclic) bond motifs is 1. The number of carbonyl (C=O) groups is 1. The molecule has 4 heteroatoms. The summed E-state index contributed by atoms with van der Waals surface area (Å²) < 4.78 is 0. The highest BCUT2D eigenvalue weighted by Crippen LogP contribution is 2.17. The number of Topliss-reactive ketones (excluding diaryl/α,β-unsaturated/α-hetero) is 1. The van der Waals surface area contributed by atoms with Gasteiger partial charge in [0.25, 0.3) is 0 Å². The average Bonchev–Trinajstić information content (AvgIpc) is 2.87. The fourth-order valence-corrected chi connectivity index (χ4v) is 3.78. The maximum atomic E-state index is 12.5. The van der Waals surface area contributed by atoms with Crippen LogP contribution in [0.1, 0.15) is 41.3 Å². The summed E-state index contributed by atoms with van der Waals surface area (Å²) in [5, 5.41) is 3.43. The van der Waals surface area contributed by atoms with Gasteiger partial charge in [0.15, 0.2) is 5.78 Å². The Morgan fingerprint density at radius 3 is 2.50 bits per heavy atom. The Hall–Kier alpha value is -1.23. The van der Waals surface area contributed by atoms with Crippen molar-refractivity contribution >= 4 is 5.78 Å². The standard InChI is InChI=1S/C20H31N3O/c1-2-22-12-14-23(15-13-22)11-3-4-20(24)19-6-5-17-7-9-21-10-8-18(17)16-19/h5-6,16,21H,2-4,7-15H2,1H3. The van der Waals surface area contributed by atoms with Crippen molar-refractivity contribution in [2.75, 3.05) is 52.4 Å². The molecule has 0 spiro atoms. The smallest absolute Gasteiger partial charge is 0.162 e. The van der Waals surface area contributed by atoms with Crippen molar-refractivity contribution in [3.05, 3.63) is 34.9 Å². The number of ketones is 1. The number of hydrogen-bond acceptors (Lipinski definition) is 4. The van der Waals surface area contributed by atoms with Crippen LogP contribution in [0.5, 0.6) is 0 Å². The van der Waals surface area contributed by atoms with Gasteiger partial charge in [0.2, 0.25) is 0 Å². The molecule has 0 atom stereocenters. The number of hydrogen-bond donors (Lipinski definition) is 1. The van der Waals surface area contributed by atoms with Gasteiger partial charge in [-0.3, -0.25) is 4.79 Å². The van der Waals surface area contributed by atoms with Crippen LogP contribution in [0.3, 0.4) is 0 Å². The van der Waals surface area contributed by atoms with E-state index in [0.29, 0.717) is 12.2 Å². The van der Waals surface area contributed by atoms with Gasteiger partial charge in [-0.2, -0.15) is 0 Å². The zero-order valence-electron chi connectivity index (χ0n) is 15.0. The van der Waals surface area contributed by atoms with E-state index < -0.39 is 0 Å². The average molecular weight is 329 g/mol. The molecule has 2 aliphatic heterocycles. The van der Waals surface area contributed by atoms with Crippen LogP contribution in [0.25, 0.3) is 0 Å². The lowest BCUT2D eigenvalue weighted by atomic mass is 9.97. The third-order valence-corrected chi connectivity index (χ3v) is 5.46. The summed E-state index contributed by atoms with van der Waals surface area (Å²) in [6.45, 7) is 11.1.